The Morgan fingerprint density at radius 2 is 1.74 bits per heavy atom. The molecular formula is C33H45NO2SU. The number of rotatable bonds is 5. The molecule has 0 saturated heterocycles. The number of carboxylic acid groups (broad SMARTS) is 1. The van der Waals surface area contributed by atoms with Crippen LogP contribution in [0.1, 0.15) is 84.1 Å². The van der Waals surface area contributed by atoms with Gasteiger partial charge in [0.15, 0.2) is 0 Å². The Morgan fingerprint density at radius 1 is 1.18 bits per heavy atom. The summed E-state index contributed by atoms with van der Waals surface area (Å²) in [4.78, 5) is 11.5. The third-order valence-electron chi connectivity index (χ3n) is 5.71. The Hall–Kier alpha value is -1.80. The molecule has 3 aromatic rings. The van der Waals surface area contributed by atoms with Crippen LogP contribution >= 0.6 is 11.3 Å². The maximum absolute atomic E-state index is 11.5. The number of thiophene rings is 1. The second-order valence-electron chi connectivity index (χ2n) is 9.52. The van der Waals surface area contributed by atoms with Crippen LogP contribution in [-0.4, -0.2) is 18.1 Å². The first kappa shape index (κ1) is 36.2. The van der Waals surface area contributed by atoms with Gasteiger partial charge in [0.2, 0.25) is 0 Å². The summed E-state index contributed by atoms with van der Waals surface area (Å²) < 4.78 is 0. The minimum atomic E-state index is -0.829. The zero-order valence-electron chi connectivity index (χ0n) is 23.8. The van der Waals surface area contributed by atoms with Crippen molar-refractivity contribution in [3.63, 3.8) is 0 Å². The predicted molar refractivity (Wildman–Crippen MR) is 164 cm³/mol. The molecule has 4 rings (SSSR count). The van der Waals surface area contributed by atoms with Gasteiger partial charge in [0.25, 0.3) is 0 Å². The maximum atomic E-state index is 11.5. The summed E-state index contributed by atoms with van der Waals surface area (Å²) in [5, 5.41) is 15.2. The number of hydrogen-bond acceptors (Lipinski definition) is 3. The van der Waals surface area contributed by atoms with Crippen LogP contribution in [0, 0.1) is 57.8 Å². The fraction of sp³-hybridized carbons (Fsp3) is 0.364. The van der Waals surface area contributed by atoms with E-state index in [1.807, 2.05) is 11.5 Å². The third-order valence-corrected chi connectivity index (χ3v) is 6.73. The molecule has 1 aliphatic carbocycles. The Balaban J connectivity index is 0.000000632. The van der Waals surface area contributed by atoms with Crippen LogP contribution in [0.25, 0.3) is 6.08 Å². The molecule has 0 saturated carbocycles. The Bertz CT molecular complexity index is 1070. The summed E-state index contributed by atoms with van der Waals surface area (Å²) in [6, 6.07) is 16.7. The average molecular weight is 758 g/mol. The van der Waals surface area contributed by atoms with Crippen LogP contribution in [0.15, 0.2) is 60.5 Å². The molecule has 0 amide bonds. The third kappa shape index (κ3) is 12.8. The monoisotopic (exact) mass is 757 g/mol. The molecule has 1 unspecified atom stereocenters. The smallest absolute Gasteiger partial charge is 0.478 e. The number of aryl methyl sites for hydroxylation is 2. The SMILES string of the molecule is C=Cc1ccc(C)cc1.CNc1scc(C2CCc3ccccc3C2)c1C(=O)O.[CH2-]C(C)C.[CH2-]CCC.[U+2]. The van der Waals surface area contributed by atoms with Crippen molar-refractivity contribution in [3.8, 4) is 0 Å². The molecule has 5 heteroatoms. The molecular weight excluding hydrogens is 712 g/mol. The Morgan fingerprint density at radius 3 is 2.21 bits per heavy atom. The van der Waals surface area contributed by atoms with Crippen molar-refractivity contribution in [2.45, 2.75) is 65.7 Å². The van der Waals surface area contributed by atoms with Gasteiger partial charge in [-0.05, 0) is 59.7 Å². The molecule has 3 nitrogen and oxygen atoms in total. The van der Waals surface area contributed by atoms with Gasteiger partial charge in [-0.1, -0.05) is 93.9 Å². The summed E-state index contributed by atoms with van der Waals surface area (Å²) in [5.74, 6) is 0.0683. The fourth-order valence-electron chi connectivity index (χ4n) is 3.74. The molecule has 0 aliphatic heterocycles. The van der Waals surface area contributed by atoms with Gasteiger partial charge in [-0.2, -0.15) is 12.3 Å². The van der Waals surface area contributed by atoms with E-state index in [9.17, 15) is 9.90 Å². The van der Waals surface area contributed by atoms with E-state index in [-0.39, 0.29) is 31.1 Å². The van der Waals surface area contributed by atoms with E-state index in [0.29, 0.717) is 17.4 Å². The van der Waals surface area contributed by atoms with Crippen LogP contribution < -0.4 is 5.32 Å². The summed E-state index contributed by atoms with van der Waals surface area (Å²) >= 11 is 1.49. The zero-order valence-corrected chi connectivity index (χ0v) is 28.8. The fourth-order valence-corrected chi connectivity index (χ4v) is 4.74. The molecule has 1 heterocycles. The van der Waals surface area contributed by atoms with E-state index in [2.05, 4.69) is 102 Å². The quantitative estimate of drug-likeness (QED) is 0.255. The van der Waals surface area contributed by atoms with Gasteiger partial charge >= 0.3 is 37.1 Å². The second-order valence-corrected chi connectivity index (χ2v) is 10.4. The minimum Gasteiger partial charge on any atom is -0.478 e. The topological polar surface area (TPSA) is 49.3 Å². The van der Waals surface area contributed by atoms with E-state index in [1.165, 1.54) is 40.0 Å². The van der Waals surface area contributed by atoms with E-state index >= 15 is 0 Å². The van der Waals surface area contributed by atoms with Crippen molar-refractivity contribution >= 4 is 28.4 Å². The molecule has 0 spiro atoms. The average Bonchev–Trinajstić information content (AvgIpc) is 3.34. The molecule has 0 radical (unpaired) electrons. The van der Waals surface area contributed by atoms with E-state index < -0.39 is 5.97 Å². The summed E-state index contributed by atoms with van der Waals surface area (Å²) in [7, 11) is 1.78. The normalized spacial score (nSPS) is 13.1. The van der Waals surface area contributed by atoms with E-state index in [4.69, 9.17) is 0 Å². The summed E-state index contributed by atoms with van der Waals surface area (Å²) in [5.41, 5.74) is 6.69. The van der Waals surface area contributed by atoms with Gasteiger partial charge in [0.1, 0.15) is 5.00 Å². The van der Waals surface area contributed by atoms with Crippen molar-refractivity contribution in [2.24, 2.45) is 5.92 Å². The van der Waals surface area contributed by atoms with E-state index in [0.717, 1.165) is 36.2 Å². The number of benzene rings is 2. The molecule has 1 atom stereocenters. The summed E-state index contributed by atoms with van der Waals surface area (Å²) in [6.07, 6.45) is 7.12. The first-order valence-electron chi connectivity index (χ1n) is 13.1. The molecule has 1 aromatic heterocycles. The van der Waals surface area contributed by atoms with E-state index in [1.54, 1.807) is 7.05 Å². The number of carboxylic acids is 1. The van der Waals surface area contributed by atoms with Gasteiger partial charge < -0.3 is 24.3 Å². The van der Waals surface area contributed by atoms with Crippen LogP contribution in [-0.2, 0) is 12.8 Å². The molecule has 0 bridgehead atoms. The van der Waals surface area contributed by atoms with Crippen LogP contribution in [0.3, 0.4) is 0 Å². The number of carbonyl (C=O) groups is 1. The number of hydrogen-bond donors (Lipinski definition) is 2. The first-order valence-corrected chi connectivity index (χ1v) is 14.0. The largest absolute Gasteiger partial charge is 2.00 e. The van der Waals surface area contributed by atoms with Crippen molar-refractivity contribution in [1.82, 2.24) is 0 Å². The van der Waals surface area contributed by atoms with Crippen LogP contribution in [0.2, 0.25) is 0 Å². The molecule has 2 aromatic carbocycles. The van der Waals surface area contributed by atoms with Crippen LogP contribution in [0.4, 0.5) is 5.00 Å². The van der Waals surface area contributed by atoms with Gasteiger partial charge in [0.05, 0.1) is 5.56 Å². The Kier molecular flexibility index (Phi) is 19.2. The number of anilines is 1. The Labute approximate surface area is 259 Å². The number of aromatic carboxylic acids is 1. The van der Waals surface area contributed by atoms with Gasteiger partial charge in [0, 0.05) is 7.05 Å². The predicted octanol–water partition coefficient (Wildman–Crippen LogP) is 9.50. The first-order chi connectivity index (χ1) is 17.7. The standard InChI is InChI=1S/C16H17NO2S.C9H10.2C4H9.U/c1-17-15-14(16(18)19)13(9-20-15)12-7-6-10-4-2-3-5-11(10)8-12;1-3-9-6-4-8(2)5-7-9;1-4(2)3;1-3-4-2;/h2-5,9,12,17H,6-8H2,1H3,(H,18,19);3-7H,1H2,2H3;4H,1H2,2-3H3;1,3-4H2,2H3;/q;;2*-1;+2. The van der Waals surface area contributed by atoms with Crippen molar-refractivity contribution < 1.29 is 41.0 Å². The number of nitrogens with one attached hydrogen (secondary N) is 1. The van der Waals surface area contributed by atoms with Gasteiger partial charge in [-0.15, -0.1) is 11.3 Å². The minimum absolute atomic E-state index is 0. The number of fused-ring (bicyclic) bond motifs is 1. The maximum Gasteiger partial charge on any atom is 2.00 e. The second kappa shape index (κ2) is 20.2. The van der Waals surface area contributed by atoms with Crippen LogP contribution in [0.5, 0.6) is 0 Å². The number of unbranched alkanes of at least 4 members (excludes halogenated alkanes) is 1. The van der Waals surface area contributed by atoms with Gasteiger partial charge in [-0.3, -0.25) is 0 Å². The molecule has 1 aliphatic rings. The molecule has 38 heavy (non-hydrogen) atoms. The van der Waals surface area contributed by atoms with Gasteiger partial charge in [-0.25, -0.2) is 4.79 Å². The molecule has 2 N–H and O–H groups in total. The summed E-state index contributed by atoms with van der Waals surface area (Å²) in [6.45, 7) is 19.2. The molecule has 204 valence electrons. The van der Waals surface area contributed by atoms with Crippen molar-refractivity contribution in [2.75, 3.05) is 12.4 Å². The van der Waals surface area contributed by atoms with Crippen molar-refractivity contribution in [1.29, 1.82) is 0 Å². The zero-order chi connectivity index (χ0) is 27.8. The molecule has 0 fully saturated rings. The van der Waals surface area contributed by atoms with Crippen molar-refractivity contribution in [3.05, 3.63) is 108 Å².